The van der Waals surface area contributed by atoms with Crippen molar-refractivity contribution in [3.05, 3.63) is 12.3 Å². The first-order chi connectivity index (χ1) is 14.2. The zero-order chi connectivity index (χ0) is 21.0. The van der Waals surface area contributed by atoms with Gasteiger partial charge in [-0.3, -0.25) is 0 Å². The number of carbonyl (C=O) groups excluding carboxylic acids is 1. The van der Waals surface area contributed by atoms with Crippen molar-refractivity contribution in [3.8, 4) is 5.88 Å². The maximum absolute atomic E-state index is 11.9. The topological polar surface area (TPSA) is 73.6 Å². The highest BCUT2D eigenvalue weighted by atomic mass is 16.6. The molecule has 4 spiro atoms. The lowest BCUT2D eigenvalue weighted by atomic mass is 10.2. The number of nitrogens with zero attached hydrogens (tertiary/aromatic N) is 2. The van der Waals surface area contributed by atoms with Crippen LogP contribution in [0.15, 0.2) is 12.3 Å². The van der Waals surface area contributed by atoms with Crippen LogP contribution in [-0.4, -0.2) is 39.8 Å². The van der Waals surface area contributed by atoms with Crippen molar-refractivity contribution >= 4 is 6.09 Å². The number of aliphatic hydroxyl groups excluding tert-OH is 1. The number of hydrogen-bond donors (Lipinski definition) is 1. The Morgan fingerprint density at radius 3 is 1.93 bits per heavy atom. The van der Waals surface area contributed by atoms with E-state index < -0.39 is 11.7 Å². The Balaban J connectivity index is 0.000000160. The summed E-state index contributed by atoms with van der Waals surface area (Å²) < 4.78 is 12.3. The van der Waals surface area contributed by atoms with E-state index in [-0.39, 0.29) is 0 Å². The van der Waals surface area contributed by atoms with Gasteiger partial charge < -0.3 is 14.6 Å². The monoisotopic (exact) mass is 414 g/mol. The van der Waals surface area contributed by atoms with E-state index in [0.717, 1.165) is 29.3 Å². The average Bonchev–Trinajstić information content (AvgIpc) is 3.51. The van der Waals surface area contributed by atoms with Gasteiger partial charge in [-0.2, -0.15) is 4.68 Å². The summed E-state index contributed by atoms with van der Waals surface area (Å²) in [4.78, 5) is 11.9. The second kappa shape index (κ2) is 5.62. The maximum Gasteiger partial charge on any atom is 0.435 e. The molecule has 1 heterocycles. The predicted octanol–water partition coefficient (Wildman–Crippen LogP) is 4.40. The Hall–Kier alpha value is -1.56. The summed E-state index contributed by atoms with van der Waals surface area (Å²) in [6.07, 6.45) is 12.4. The van der Waals surface area contributed by atoms with Crippen LogP contribution in [0.4, 0.5) is 4.79 Å². The fourth-order valence-electron chi connectivity index (χ4n) is 7.24. The van der Waals surface area contributed by atoms with Gasteiger partial charge in [0.2, 0.25) is 5.88 Å². The molecule has 0 atom stereocenters. The van der Waals surface area contributed by atoms with Crippen LogP contribution in [0.2, 0.25) is 0 Å². The summed E-state index contributed by atoms with van der Waals surface area (Å²) in [5, 5.41) is 13.1. The van der Waals surface area contributed by atoms with Gasteiger partial charge in [-0.25, -0.2) is 4.79 Å². The second-order valence-corrected chi connectivity index (χ2v) is 11.8. The van der Waals surface area contributed by atoms with Crippen LogP contribution in [0.3, 0.4) is 0 Å². The van der Waals surface area contributed by atoms with Crippen molar-refractivity contribution in [1.82, 2.24) is 9.78 Å². The molecule has 6 heteroatoms. The van der Waals surface area contributed by atoms with Gasteiger partial charge in [0, 0.05) is 24.8 Å². The van der Waals surface area contributed by atoms with Gasteiger partial charge in [0.25, 0.3) is 0 Å². The Kier molecular flexibility index (Phi) is 3.59. The van der Waals surface area contributed by atoms with Gasteiger partial charge in [-0.05, 0) is 99.7 Å². The fraction of sp³-hybridized carbons (Fsp3) is 0.833. The van der Waals surface area contributed by atoms with Crippen LogP contribution >= 0.6 is 0 Å². The number of rotatable bonds is 4. The molecule has 0 bridgehead atoms. The largest absolute Gasteiger partial charge is 0.476 e. The van der Waals surface area contributed by atoms with Crippen LogP contribution in [-0.2, 0) is 4.74 Å². The molecule has 7 rings (SSSR count). The van der Waals surface area contributed by atoms with Crippen LogP contribution < -0.4 is 4.74 Å². The first-order valence-electron chi connectivity index (χ1n) is 11.7. The van der Waals surface area contributed by atoms with Crippen molar-refractivity contribution in [2.75, 3.05) is 13.2 Å². The summed E-state index contributed by atoms with van der Waals surface area (Å²) in [6.45, 7) is 6.72. The Bertz CT molecular complexity index is 845. The van der Waals surface area contributed by atoms with Crippen molar-refractivity contribution in [2.45, 2.75) is 77.7 Å². The molecule has 1 aromatic rings. The van der Waals surface area contributed by atoms with Crippen molar-refractivity contribution in [2.24, 2.45) is 33.5 Å². The highest BCUT2D eigenvalue weighted by Gasteiger charge is 2.87. The van der Waals surface area contributed by atoms with E-state index in [4.69, 9.17) is 14.6 Å². The molecule has 0 saturated heterocycles. The van der Waals surface area contributed by atoms with Crippen LogP contribution in [0.25, 0.3) is 0 Å². The van der Waals surface area contributed by atoms with Crippen LogP contribution in [0, 0.1) is 33.5 Å². The predicted molar refractivity (Wildman–Crippen MR) is 110 cm³/mol. The van der Waals surface area contributed by atoms with E-state index in [2.05, 4.69) is 5.10 Å². The Labute approximate surface area is 178 Å². The van der Waals surface area contributed by atoms with Gasteiger partial charge >= 0.3 is 6.09 Å². The SMILES string of the molecule is CC(C)(C)OC(=O)n1ccc(OCC2C3(CC3)C23CC3)n1.OCC1C2(CC2)C12CC2. The van der Waals surface area contributed by atoms with Gasteiger partial charge in [0.1, 0.15) is 5.60 Å². The molecule has 6 fully saturated rings. The minimum absolute atomic E-state index is 0.471. The molecule has 0 radical (unpaired) electrons. The van der Waals surface area contributed by atoms with E-state index >= 15 is 0 Å². The number of fused-ring (bicyclic) bond motifs is 2. The number of hydrogen-bond acceptors (Lipinski definition) is 5. The molecule has 6 aliphatic rings. The molecular weight excluding hydrogens is 380 g/mol. The lowest BCUT2D eigenvalue weighted by Crippen LogP contribution is -2.27. The highest BCUT2D eigenvalue weighted by Crippen LogP contribution is 2.92. The smallest absolute Gasteiger partial charge is 0.435 e. The molecule has 6 aliphatic carbocycles. The molecular formula is C24H34N2O4. The lowest BCUT2D eigenvalue weighted by molar-refractivity contribution is 0.0511. The average molecular weight is 415 g/mol. The van der Waals surface area contributed by atoms with E-state index in [1.54, 1.807) is 12.3 Å². The van der Waals surface area contributed by atoms with Gasteiger partial charge in [0.15, 0.2) is 0 Å². The summed E-state index contributed by atoms with van der Waals surface area (Å²) in [7, 11) is 0. The lowest BCUT2D eigenvalue weighted by Gasteiger charge is -2.18. The maximum atomic E-state index is 11.9. The normalized spacial score (nSPS) is 30.6. The molecule has 6 saturated carbocycles. The van der Waals surface area contributed by atoms with Crippen molar-refractivity contribution in [3.63, 3.8) is 0 Å². The summed E-state index contributed by atoms with van der Waals surface area (Å²) in [5.74, 6) is 1.97. The Morgan fingerprint density at radius 2 is 1.53 bits per heavy atom. The molecule has 0 aromatic carbocycles. The van der Waals surface area contributed by atoms with E-state index in [1.807, 2.05) is 20.8 Å². The van der Waals surface area contributed by atoms with Crippen molar-refractivity contribution in [1.29, 1.82) is 0 Å². The van der Waals surface area contributed by atoms with E-state index in [0.29, 0.717) is 23.3 Å². The van der Waals surface area contributed by atoms with Crippen LogP contribution in [0.5, 0.6) is 5.88 Å². The fourth-order valence-corrected chi connectivity index (χ4v) is 7.24. The minimum atomic E-state index is -0.519. The molecule has 1 aromatic heterocycles. The summed E-state index contributed by atoms with van der Waals surface area (Å²) >= 11 is 0. The molecule has 30 heavy (non-hydrogen) atoms. The standard InChI is InChI=1S/C16H22N2O3.C8H12O/c1-14(2,3)21-13(19)18-9-4-12(17-18)20-10-11-15(5-6-15)16(11)7-8-16;9-5-6-7(1-2-7)8(6)3-4-8/h4,9,11H,5-8,10H2,1-3H3;6,9H,1-5H2. The quantitative estimate of drug-likeness (QED) is 0.790. The molecule has 1 N–H and O–H groups in total. The highest BCUT2D eigenvalue weighted by molar-refractivity contribution is 5.69. The molecule has 164 valence electrons. The third-order valence-electron chi connectivity index (χ3n) is 9.36. The minimum Gasteiger partial charge on any atom is -0.476 e. The number of aromatic nitrogens is 2. The summed E-state index contributed by atoms with van der Waals surface area (Å²) in [6, 6.07) is 1.73. The third-order valence-corrected chi connectivity index (χ3v) is 9.36. The third kappa shape index (κ3) is 2.58. The molecule has 0 amide bonds. The number of carbonyl (C=O) groups is 1. The van der Waals surface area contributed by atoms with Gasteiger partial charge in [-0.1, -0.05) is 0 Å². The Morgan fingerprint density at radius 1 is 1.03 bits per heavy atom. The van der Waals surface area contributed by atoms with E-state index in [9.17, 15) is 4.79 Å². The first kappa shape index (κ1) is 19.1. The van der Waals surface area contributed by atoms with Gasteiger partial charge in [0.05, 0.1) is 6.61 Å². The molecule has 6 nitrogen and oxygen atoms in total. The van der Waals surface area contributed by atoms with E-state index in [1.165, 1.54) is 56.0 Å². The van der Waals surface area contributed by atoms with Gasteiger partial charge in [-0.15, -0.1) is 5.10 Å². The summed E-state index contributed by atoms with van der Waals surface area (Å²) in [5.41, 5.74) is 2.21. The zero-order valence-electron chi connectivity index (χ0n) is 18.4. The second-order valence-electron chi connectivity index (χ2n) is 11.8. The molecule has 0 unspecified atom stereocenters. The number of ether oxygens (including phenoxy) is 2. The number of aliphatic hydroxyl groups is 1. The van der Waals surface area contributed by atoms with Crippen molar-refractivity contribution < 1.29 is 19.4 Å². The molecule has 0 aliphatic heterocycles. The zero-order valence-corrected chi connectivity index (χ0v) is 18.4. The van der Waals surface area contributed by atoms with Crippen LogP contribution in [0.1, 0.15) is 72.1 Å². The first-order valence-corrected chi connectivity index (χ1v) is 11.7.